The number of carboxylic acid groups (broad SMARTS) is 1. The first-order valence-corrected chi connectivity index (χ1v) is 10.9. The number of alkyl halides is 3. The number of nitrogens with one attached hydrogen (secondary N) is 2. The van der Waals surface area contributed by atoms with E-state index in [0.717, 1.165) is 0 Å². The van der Waals surface area contributed by atoms with Gasteiger partial charge in [-0.25, -0.2) is 9.97 Å². The van der Waals surface area contributed by atoms with Crippen molar-refractivity contribution in [3.63, 3.8) is 0 Å². The van der Waals surface area contributed by atoms with E-state index < -0.39 is 64.2 Å². The highest BCUT2D eigenvalue weighted by atomic mass is 19.4. The number of ether oxygens (including phenoxy) is 1. The number of carboxylic acids is 1. The summed E-state index contributed by atoms with van der Waals surface area (Å²) in [5, 5.41) is 13.1. The second-order valence-electron chi connectivity index (χ2n) is 7.93. The van der Waals surface area contributed by atoms with Crippen molar-refractivity contribution in [2.75, 3.05) is 13.7 Å². The summed E-state index contributed by atoms with van der Waals surface area (Å²) in [4.78, 5) is 46.0. The van der Waals surface area contributed by atoms with Gasteiger partial charge in [-0.15, -0.1) is 0 Å². The maximum Gasteiger partial charge on any atom is 0.433 e. The number of carbonyl (C=O) groups excluding carboxylic acids is 1. The summed E-state index contributed by atoms with van der Waals surface area (Å²) in [5.41, 5.74) is -4.24. The fraction of sp³-hybridized carbons (Fsp3) is 0.125. The Morgan fingerprint density at radius 3 is 2.50 bits per heavy atom. The van der Waals surface area contributed by atoms with Gasteiger partial charge in [0.15, 0.2) is 16.7 Å². The Balaban J connectivity index is 1.86. The Morgan fingerprint density at radius 2 is 1.84 bits per heavy atom. The lowest BCUT2D eigenvalue weighted by atomic mass is 10.1. The van der Waals surface area contributed by atoms with Crippen molar-refractivity contribution in [1.82, 2.24) is 24.9 Å². The second-order valence-corrected chi connectivity index (χ2v) is 7.93. The van der Waals surface area contributed by atoms with Crippen molar-refractivity contribution in [3.05, 3.63) is 70.3 Å². The lowest BCUT2D eigenvalue weighted by molar-refractivity contribution is -0.141. The molecule has 194 valence electrons. The summed E-state index contributed by atoms with van der Waals surface area (Å²) in [5.74, 6) is -2.68. The van der Waals surface area contributed by atoms with Gasteiger partial charge in [-0.05, 0) is 17.7 Å². The van der Waals surface area contributed by atoms with E-state index in [-0.39, 0.29) is 22.4 Å². The van der Waals surface area contributed by atoms with E-state index in [2.05, 4.69) is 20.4 Å². The second kappa shape index (κ2) is 9.06. The number of para-hydroxylation sites is 1. The molecule has 0 radical (unpaired) electrons. The summed E-state index contributed by atoms with van der Waals surface area (Å²) in [6.45, 7) is -0.840. The molecule has 1 amide bonds. The van der Waals surface area contributed by atoms with Crippen LogP contribution < -0.4 is 15.6 Å². The van der Waals surface area contributed by atoms with Gasteiger partial charge in [0.2, 0.25) is 5.89 Å². The molecule has 0 fully saturated rings. The molecule has 0 saturated carbocycles. The number of rotatable bonds is 6. The van der Waals surface area contributed by atoms with E-state index in [1.807, 2.05) is 0 Å². The highest BCUT2D eigenvalue weighted by Crippen LogP contribution is 2.38. The first kappa shape index (κ1) is 24.5. The van der Waals surface area contributed by atoms with Crippen molar-refractivity contribution >= 4 is 28.6 Å². The monoisotopic (exact) mass is 527 g/mol. The van der Waals surface area contributed by atoms with Crippen molar-refractivity contribution < 1.29 is 37.0 Å². The highest BCUT2D eigenvalue weighted by molar-refractivity contribution is 6.00. The van der Waals surface area contributed by atoms with E-state index in [9.17, 15) is 27.6 Å². The quantitative estimate of drug-likeness (QED) is 0.304. The minimum atomic E-state index is -4.93. The molecule has 0 atom stereocenters. The SMILES string of the molecule is COc1cccc2oc(-c3c(C(=O)NCC(=O)O)nc4c(-c5ccccc5)c(C(F)(F)F)[nH]n4c3=O)nc12. The summed E-state index contributed by atoms with van der Waals surface area (Å²) < 4.78 is 53.6. The van der Waals surface area contributed by atoms with Gasteiger partial charge in [0.1, 0.15) is 29.2 Å². The first-order chi connectivity index (χ1) is 18.1. The normalized spacial score (nSPS) is 11.7. The number of hydrogen-bond acceptors (Lipinski definition) is 7. The zero-order chi connectivity index (χ0) is 27.2. The predicted octanol–water partition coefficient (Wildman–Crippen LogP) is 3.34. The van der Waals surface area contributed by atoms with Crippen LogP contribution in [0.25, 0.3) is 39.3 Å². The van der Waals surface area contributed by atoms with Crippen LogP contribution in [-0.4, -0.2) is 50.2 Å². The summed E-state index contributed by atoms with van der Waals surface area (Å²) in [6.07, 6.45) is -4.93. The van der Waals surface area contributed by atoms with Crippen LogP contribution in [0.4, 0.5) is 13.2 Å². The third-order valence-corrected chi connectivity index (χ3v) is 5.56. The van der Waals surface area contributed by atoms with Gasteiger partial charge in [-0.3, -0.25) is 19.5 Å². The van der Waals surface area contributed by atoms with Gasteiger partial charge in [0.25, 0.3) is 11.5 Å². The molecule has 11 nitrogen and oxygen atoms in total. The molecule has 3 heterocycles. The van der Waals surface area contributed by atoms with Gasteiger partial charge in [-0.1, -0.05) is 36.4 Å². The molecule has 0 aliphatic carbocycles. The molecule has 0 spiro atoms. The number of benzene rings is 2. The topological polar surface area (TPSA) is 152 Å². The standard InChI is InChI=1S/C24H16F3N5O6/c1-37-12-8-5-9-13-17(12)30-22(38-13)16-18(21(35)28-10-14(33)34)29-20-15(11-6-3-2-4-7-11)19(24(25,26)27)31-32(20)23(16)36/h2-9,31H,10H2,1H3,(H,28,35)(H,33,34). The van der Waals surface area contributed by atoms with Gasteiger partial charge < -0.3 is 19.6 Å². The number of oxazole rings is 1. The number of carbonyl (C=O) groups is 2. The van der Waals surface area contributed by atoms with Crippen molar-refractivity contribution in [3.8, 4) is 28.3 Å². The molecule has 5 aromatic rings. The van der Waals surface area contributed by atoms with Crippen molar-refractivity contribution in [1.29, 1.82) is 0 Å². The fourth-order valence-corrected chi connectivity index (χ4v) is 3.95. The Hall–Kier alpha value is -5.14. The van der Waals surface area contributed by atoms with Gasteiger partial charge in [0.05, 0.1) is 12.7 Å². The van der Waals surface area contributed by atoms with Crippen molar-refractivity contribution in [2.24, 2.45) is 0 Å². The molecule has 14 heteroatoms. The van der Waals surface area contributed by atoms with Crippen LogP contribution in [0, 0.1) is 0 Å². The van der Waals surface area contributed by atoms with Crippen LogP contribution in [0.3, 0.4) is 0 Å². The Bertz CT molecular complexity index is 1770. The third-order valence-electron chi connectivity index (χ3n) is 5.56. The average molecular weight is 527 g/mol. The molecule has 0 aliphatic heterocycles. The number of H-pyrrole nitrogens is 1. The minimum Gasteiger partial charge on any atom is -0.494 e. The number of aromatic amines is 1. The molecule has 38 heavy (non-hydrogen) atoms. The molecule has 0 unspecified atom stereocenters. The zero-order valence-electron chi connectivity index (χ0n) is 19.3. The number of halogens is 3. The maximum atomic E-state index is 14.1. The third kappa shape index (κ3) is 4.11. The minimum absolute atomic E-state index is 0.0710. The molecule has 0 saturated heterocycles. The number of methoxy groups -OCH3 is 1. The van der Waals surface area contributed by atoms with E-state index in [1.165, 1.54) is 37.4 Å². The van der Waals surface area contributed by atoms with Gasteiger partial charge in [-0.2, -0.15) is 17.7 Å². The number of nitrogens with zero attached hydrogens (tertiary/aromatic N) is 3. The largest absolute Gasteiger partial charge is 0.494 e. The molecule has 3 aromatic heterocycles. The molecular formula is C24H16F3N5O6. The summed E-state index contributed by atoms with van der Waals surface area (Å²) >= 11 is 0. The first-order valence-electron chi connectivity index (χ1n) is 10.9. The maximum absolute atomic E-state index is 14.1. The molecule has 2 aromatic carbocycles. The van der Waals surface area contributed by atoms with Gasteiger partial charge >= 0.3 is 12.1 Å². The van der Waals surface area contributed by atoms with Crippen LogP contribution in [0.2, 0.25) is 0 Å². The van der Waals surface area contributed by atoms with Crippen LogP contribution in [0.5, 0.6) is 5.75 Å². The van der Waals surface area contributed by atoms with Crippen LogP contribution >= 0.6 is 0 Å². The van der Waals surface area contributed by atoms with Crippen molar-refractivity contribution in [2.45, 2.75) is 6.18 Å². The van der Waals surface area contributed by atoms with E-state index in [1.54, 1.807) is 18.2 Å². The number of amides is 1. The van der Waals surface area contributed by atoms with E-state index in [4.69, 9.17) is 14.3 Å². The molecule has 3 N–H and O–H groups in total. The lowest BCUT2D eigenvalue weighted by Gasteiger charge is -2.08. The molecule has 0 aliphatic rings. The Labute approximate surface area is 209 Å². The number of fused-ring (bicyclic) bond motifs is 2. The molecule has 0 bridgehead atoms. The van der Waals surface area contributed by atoms with Crippen LogP contribution in [0.1, 0.15) is 16.2 Å². The highest BCUT2D eigenvalue weighted by Gasteiger charge is 2.39. The number of aliphatic carboxylic acids is 1. The van der Waals surface area contributed by atoms with Crippen LogP contribution in [0.15, 0.2) is 57.7 Å². The lowest BCUT2D eigenvalue weighted by Crippen LogP contribution is -2.33. The smallest absolute Gasteiger partial charge is 0.433 e. The van der Waals surface area contributed by atoms with Crippen LogP contribution in [-0.2, 0) is 11.0 Å². The fourth-order valence-electron chi connectivity index (χ4n) is 3.95. The molecule has 5 rings (SSSR count). The summed E-state index contributed by atoms with van der Waals surface area (Å²) in [6, 6.07) is 12.0. The summed E-state index contributed by atoms with van der Waals surface area (Å²) in [7, 11) is 1.37. The molecular weight excluding hydrogens is 511 g/mol. The predicted molar refractivity (Wildman–Crippen MR) is 126 cm³/mol. The zero-order valence-corrected chi connectivity index (χ0v) is 19.3. The number of hydrogen-bond donors (Lipinski definition) is 3. The van der Waals surface area contributed by atoms with E-state index in [0.29, 0.717) is 4.52 Å². The Kier molecular flexibility index (Phi) is 5.86. The number of aromatic nitrogens is 4. The Morgan fingerprint density at radius 1 is 1.11 bits per heavy atom. The van der Waals surface area contributed by atoms with Gasteiger partial charge in [0, 0.05) is 0 Å². The average Bonchev–Trinajstić information content (AvgIpc) is 3.49. The van der Waals surface area contributed by atoms with E-state index >= 15 is 0 Å².